The lowest BCUT2D eigenvalue weighted by Gasteiger charge is -2.31. The molecule has 2 unspecified atom stereocenters. The van der Waals surface area contributed by atoms with Crippen LogP contribution in [0.2, 0.25) is 0 Å². The van der Waals surface area contributed by atoms with Crippen LogP contribution in [0.1, 0.15) is 33.6 Å². The summed E-state index contributed by atoms with van der Waals surface area (Å²) in [5.41, 5.74) is 0. The number of likely N-dealkylation sites (N-methyl/N-ethyl adjacent to an activating group) is 1. The Morgan fingerprint density at radius 1 is 1.56 bits per heavy atom. The number of rotatable bonds is 4. The average Bonchev–Trinajstić information content (AvgIpc) is 2.52. The molecule has 0 saturated carbocycles. The van der Waals surface area contributed by atoms with E-state index >= 15 is 0 Å². The Kier molecular flexibility index (Phi) is 4.74. The van der Waals surface area contributed by atoms with E-state index in [1.807, 2.05) is 32.7 Å². The van der Waals surface area contributed by atoms with E-state index in [-0.39, 0.29) is 18.1 Å². The maximum absolute atomic E-state index is 11.8. The van der Waals surface area contributed by atoms with Crippen LogP contribution in [-0.4, -0.2) is 59.1 Å². The van der Waals surface area contributed by atoms with Crippen molar-refractivity contribution in [3.63, 3.8) is 0 Å². The summed E-state index contributed by atoms with van der Waals surface area (Å²) >= 11 is 0. The Hall–Kier alpha value is -0.610. The summed E-state index contributed by atoms with van der Waals surface area (Å²) < 4.78 is 0. The lowest BCUT2D eigenvalue weighted by atomic mass is 10.1. The second kappa shape index (κ2) is 5.64. The fourth-order valence-electron chi connectivity index (χ4n) is 2.29. The van der Waals surface area contributed by atoms with E-state index in [1.165, 1.54) is 0 Å². The van der Waals surface area contributed by atoms with E-state index in [4.69, 9.17) is 0 Å². The molecular weight excluding hydrogens is 204 g/mol. The van der Waals surface area contributed by atoms with Crippen molar-refractivity contribution in [1.29, 1.82) is 0 Å². The van der Waals surface area contributed by atoms with E-state index in [9.17, 15) is 9.90 Å². The first-order valence-electron chi connectivity index (χ1n) is 6.13. The molecule has 1 amide bonds. The van der Waals surface area contributed by atoms with Gasteiger partial charge in [-0.3, -0.25) is 9.69 Å². The van der Waals surface area contributed by atoms with Crippen molar-refractivity contribution in [2.75, 3.05) is 20.1 Å². The van der Waals surface area contributed by atoms with Crippen LogP contribution in [-0.2, 0) is 4.79 Å². The van der Waals surface area contributed by atoms with Crippen molar-refractivity contribution < 1.29 is 9.90 Å². The topological polar surface area (TPSA) is 43.8 Å². The molecule has 0 radical (unpaired) electrons. The number of hydrogen-bond acceptors (Lipinski definition) is 3. The molecule has 4 nitrogen and oxygen atoms in total. The van der Waals surface area contributed by atoms with Crippen LogP contribution < -0.4 is 0 Å². The molecule has 4 heteroatoms. The molecule has 1 N–H and O–H groups in total. The highest BCUT2D eigenvalue weighted by Gasteiger charge is 2.31. The van der Waals surface area contributed by atoms with Crippen molar-refractivity contribution in [2.45, 2.75) is 51.8 Å². The number of aliphatic hydroxyl groups is 1. The molecule has 1 heterocycles. The summed E-state index contributed by atoms with van der Waals surface area (Å²) in [6.07, 6.45) is 1.09. The van der Waals surface area contributed by atoms with E-state index < -0.39 is 0 Å². The molecule has 0 spiro atoms. The third-order valence-corrected chi connectivity index (χ3v) is 3.32. The average molecular weight is 228 g/mol. The number of carbonyl (C=O) groups is 1. The largest absolute Gasteiger partial charge is 0.392 e. The highest BCUT2D eigenvalue weighted by Crippen LogP contribution is 2.18. The number of aliphatic hydroxyl groups excluding tert-OH is 1. The number of nitrogens with zero attached hydrogens (tertiary/aromatic N) is 2. The third-order valence-electron chi connectivity index (χ3n) is 3.32. The molecule has 1 saturated heterocycles. The van der Waals surface area contributed by atoms with Crippen LogP contribution >= 0.6 is 0 Å². The van der Waals surface area contributed by atoms with Gasteiger partial charge in [-0.25, -0.2) is 0 Å². The molecule has 0 aromatic carbocycles. The molecular formula is C12H24N2O2. The highest BCUT2D eigenvalue weighted by atomic mass is 16.3. The van der Waals surface area contributed by atoms with E-state index in [0.29, 0.717) is 12.5 Å². The number of carbonyl (C=O) groups excluding carboxylic acids is 1. The van der Waals surface area contributed by atoms with Gasteiger partial charge in [-0.05, 0) is 27.3 Å². The maximum Gasteiger partial charge on any atom is 0.222 e. The van der Waals surface area contributed by atoms with Gasteiger partial charge < -0.3 is 10.0 Å². The normalized spacial score (nSPS) is 26.4. The third kappa shape index (κ3) is 3.19. The van der Waals surface area contributed by atoms with Crippen LogP contribution in [0.3, 0.4) is 0 Å². The predicted octanol–water partition coefficient (Wildman–Crippen LogP) is 0.698. The zero-order valence-electron chi connectivity index (χ0n) is 10.8. The van der Waals surface area contributed by atoms with E-state index in [2.05, 4.69) is 4.90 Å². The minimum Gasteiger partial charge on any atom is -0.392 e. The quantitative estimate of drug-likeness (QED) is 0.770. The summed E-state index contributed by atoms with van der Waals surface area (Å²) in [4.78, 5) is 15.8. The molecule has 1 aliphatic rings. The molecule has 1 aliphatic heterocycles. The van der Waals surface area contributed by atoms with Crippen molar-refractivity contribution in [1.82, 2.24) is 9.80 Å². The summed E-state index contributed by atoms with van der Waals surface area (Å²) in [6, 6.07) is 0.534. The SMILES string of the molecule is CCC(=O)N(CC1CC(O)CN1C)C(C)C. The fourth-order valence-corrected chi connectivity index (χ4v) is 2.29. The van der Waals surface area contributed by atoms with Crippen LogP contribution in [0.4, 0.5) is 0 Å². The standard InChI is InChI=1S/C12H24N2O2/c1-5-12(16)14(9(2)3)7-10-6-11(15)8-13(10)4/h9-11,15H,5-8H2,1-4H3. The molecule has 0 aromatic heterocycles. The van der Waals surface area contributed by atoms with Crippen molar-refractivity contribution in [2.24, 2.45) is 0 Å². The number of amides is 1. The first kappa shape index (κ1) is 13.5. The van der Waals surface area contributed by atoms with Gasteiger partial charge in [-0.15, -0.1) is 0 Å². The molecule has 1 fully saturated rings. The first-order chi connectivity index (χ1) is 7.45. The summed E-state index contributed by atoms with van der Waals surface area (Å²) in [6.45, 7) is 7.43. The minimum absolute atomic E-state index is 0.199. The molecule has 0 bridgehead atoms. The van der Waals surface area contributed by atoms with Crippen molar-refractivity contribution in [3.8, 4) is 0 Å². The summed E-state index contributed by atoms with van der Waals surface area (Å²) in [7, 11) is 2.01. The Morgan fingerprint density at radius 3 is 2.56 bits per heavy atom. The van der Waals surface area contributed by atoms with Crippen LogP contribution in [0, 0.1) is 0 Å². The number of likely N-dealkylation sites (tertiary alicyclic amines) is 1. The monoisotopic (exact) mass is 228 g/mol. The first-order valence-corrected chi connectivity index (χ1v) is 6.13. The molecule has 0 aromatic rings. The number of hydrogen-bond donors (Lipinski definition) is 1. The Morgan fingerprint density at radius 2 is 2.19 bits per heavy atom. The van der Waals surface area contributed by atoms with Gasteiger partial charge in [0.25, 0.3) is 0 Å². The molecule has 2 atom stereocenters. The van der Waals surface area contributed by atoms with Gasteiger partial charge in [0.15, 0.2) is 0 Å². The van der Waals surface area contributed by atoms with Gasteiger partial charge in [0, 0.05) is 31.6 Å². The van der Waals surface area contributed by atoms with Gasteiger partial charge >= 0.3 is 0 Å². The summed E-state index contributed by atoms with van der Waals surface area (Å²) in [5, 5.41) is 9.57. The van der Waals surface area contributed by atoms with Crippen LogP contribution in [0.25, 0.3) is 0 Å². The second-order valence-electron chi connectivity index (χ2n) is 4.98. The number of β-amino-alcohol motifs (C(OH)–C–C–N with tert-alkyl or cyclic N) is 1. The Balaban J connectivity index is 2.58. The molecule has 16 heavy (non-hydrogen) atoms. The van der Waals surface area contributed by atoms with E-state index in [0.717, 1.165) is 19.5 Å². The van der Waals surface area contributed by atoms with Crippen LogP contribution in [0.15, 0.2) is 0 Å². The minimum atomic E-state index is -0.235. The lowest BCUT2D eigenvalue weighted by molar-refractivity contribution is -0.133. The lowest BCUT2D eigenvalue weighted by Crippen LogP contribution is -2.44. The zero-order chi connectivity index (χ0) is 12.3. The predicted molar refractivity (Wildman–Crippen MR) is 64.2 cm³/mol. The van der Waals surface area contributed by atoms with Crippen LogP contribution in [0.5, 0.6) is 0 Å². The smallest absolute Gasteiger partial charge is 0.222 e. The van der Waals surface area contributed by atoms with Crippen molar-refractivity contribution in [3.05, 3.63) is 0 Å². The molecule has 0 aliphatic carbocycles. The van der Waals surface area contributed by atoms with Gasteiger partial charge in [-0.2, -0.15) is 0 Å². The van der Waals surface area contributed by atoms with Crippen molar-refractivity contribution >= 4 is 5.91 Å². The fraction of sp³-hybridized carbons (Fsp3) is 0.917. The molecule has 94 valence electrons. The van der Waals surface area contributed by atoms with Gasteiger partial charge in [-0.1, -0.05) is 6.92 Å². The highest BCUT2D eigenvalue weighted by molar-refractivity contribution is 5.76. The summed E-state index contributed by atoms with van der Waals surface area (Å²) in [5.74, 6) is 0.199. The van der Waals surface area contributed by atoms with Gasteiger partial charge in [0.05, 0.1) is 6.10 Å². The Bertz CT molecular complexity index is 243. The molecule has 1 rings (SSSR count). The van der Waals surface area contributed by atoms with Gasteiger partial charge in [0.2, 0.25) is 5.91 Å². The zero-order valence-corrected chi connectivity index (χ0v) is 10.8. The second-order valence-corrected chi connectivity index (χ2v) is 4.98. The maximum atomic E-state index is 11.8. The van der Waals surface area contributed by atoms with E-state index in [1.54, 1.807) is 0 Å². The van der Waals surface area contributed by atoms with Gasteiger partial charge in [0.1, 0.15) is 0 Å². The Labute approximate surface area is 98.2 Å².